The molecule has 0 aliphatic carbocycles. The van der Waals surface area contributed by atoms with Crippen LogP contribution in [0.4, 0.5) is 5.69 Å². The van der Waals surface area contributed by atoms with Crippen LogP contribution in [0.15, 0.2) is 30.9 Å². The minimum atomic E-state index is -0.669. The Morgan fingerprint density at radius 1 is 1.24 bits per heavy atom. The fourth-order valence-corrected chi connectivity index (χ4v) is 9.50. The molecule has 1 aromatic rings. The van der Waals surface area contributed by atoms with Crippen molar-refractivity contribution in [3.8, 4) is 0 Å². The van der Waals surface area contributed by atoms with Crippen molar-refractivity contribution in [3.05, 3.63) is 42.0 Å². The highest BCUT2D eigenvalue weighted by Gasteiger charge is 2.76. The van der Waals surface area contributed by atoms with Crippen LogP contribution >= 0.6 is 11.8 Å². The van der Waals surface area contributed by atoms with Gasteiger partial charge in [0.05, 0.1) is 23.2 Å². The molecule has 3 fully saturated rings. The SMILES string of the molecule is C=CCN(C(=O)C1N(CCCCCCO)C(=O)[C@@H]2[C@H](C(=O)OCC)[C@@H]3CC(C)C12S3)c1c(C)cccc1C. The lowest BCUT2D eigenvalue weighted by molar-refractivity contribution is -0.154. The third kappa shape index (κ3) is 4.68. The first-order chi connectivity index (χ1) is 18.2. The van der Waals surface area contributed by atoms with Gasteiger partial charge in [-0.05, 0) is 57.1 Å². The number of rotatable bonds is 12. The molecular formula is C30H42N2O5S. The van der Waals surface area contributed by atoms with Crippen LogP contribution in [0.25, 0.3) is 0 Å². The summed E-state index contributed by atoms with van der Waals surface area (Å²) in [5.74, 6) is -1.48. The van der Waals surface area contributed by atoms with Crippen LogP contribution in [0, 0.1) is 31.6 Å². The van der Waals surface area contributed by atoms with Crippen molar-refractivity contribution in [3.63, 3.8) is 0 Å². The number of anilines is 1. The Labute approximate surface area is 231 Å². The Bertz CT molecular complexity index is 1060. The molecule has 3 heterocycles. The van der Waals surface area contributed by atoms with Crippen LogP contribution in [-0.2, 0) is 19.1 Å². The van der Waals surface area contributed by atoms with E-state index in [9.17, 15) is 14.4 Å². The van der Waals surface area contributed by atoms with E-state index in [1.807, 2.05) is 32.0 Å². The van der Waals surface area contributed by atoms with Gasteiger partial charge in [-0.1, -0.05) is 44.0 Å². The fourth-order valence-electron chi connectivity index (χ4n) is 7.09. The first-order valence-corrected chi connectivity index (χ1v) is 14.9. The van der Waals surface area contributed by atoms with Crippen molar-refractivity contribution in [1.29, 1.82) is 0 Å². The lowest BCUT2D eigenvalue weighted by Gasteiger charge is -2.41. The predicted octanol–water partition coefficient (Wildman–Crippen LogP) is 4.28. The predicted molar refractivity (Wildman–Crippen MR) is 151 cm³/mol. The second-order valence-corrected chi connectivity index (χ2v) is 12.5. The summed E-state index contributed by atoms with van der Waals surface area (Å²) in [7, 11) is 0. The molecule has 0 saturated carbocycles. The molecule has 3 aliphatic rings. The van der Waals surface area contributed by atoms with Gasteiger partial charge in [-0.2, -0.15) is 0 Å². The van der Waals surface area contributed by atoms with Gasteiger partial charge >= 0.3 is 5.97 Å². The largest absolute Gasteiger partial charge is 0.466 e. The molecule has 208 valence electrons. The Balaban J connectivity index is 1.77. The van der Waals surface area contributed by atoms with E-state index < -0.39 is 22.6 Å². The van der Waals surface area contributed by atoms with E-state index in [0.717, 1.165) is 48.9 Å². The van der Waals surface area contributed by atoms with Gasteiger partial charge in [0.1, 0.15) is 6.04 Å². The van der Waals surface area contributed by atoms with Gasteiger partial charge in [0.15, 0.2) is 0 Å². The number of para-hydroxylation sites is 1. The summed E-state index contributed by atoms with van der Waals surface area (Å²) in [6, 6.07) is 5.32. The van der Waals surface area contributed by atoms with Crippen molar-refractivity contribution in [2.45, 2.75) is 75.8 Å². The monoisotopic (exact) mass is 542 g/mol. The van der Waals surface area contributed by atoms with Gasteiger partial charge < -0.3 is 19.6 Å². The lowest BCUT2D eigenvalue weighted by Crippen LogP contribution is -2.57. The van der Waals surface area contributed by atoms with Gasteiger partial charge in [0.25, 0.3) is 5.91 Å². The van der Waals surface area contributed by atoms with Gasteiger partial charge in [-0.3, -0.25) is 14.4 Å². The molecule has 3 aliphatic heterocycles. The number of unbranched alkanes of at least 4 members (excludes halogenated alkanes) is 3. The Kier molecular flexibility index (Phi) is 8.92. The molecule has 8 heteroatoms. The third-order valence-electron chi connectivity index (χ3n) is 8.63. The van der Waals surface area contributed by atoms with Gasteiger partial charge in [-0.15, -0.1) is 18.3 Å². The molecule has 3 unspecified atom stereocenters. The van der Waals surface area contributed by atoms with Crippen LogP contribution in [0.1, 0.15) is 57.1 Å². The highest BCUT2D eigenvalue weighted by molar-refractivity contribution is 8.02. The maximum absolute atomic E-state index is 14.7. The first-order valence-electron chi connectivity index (χ1n) is 14.0. The molecule has 1 N–H and O–H groups in total. The zero-order valence-corrected chi connectivity index (χ0v) is 24.0. The number of benzene rings is 1. The number of esters is 1. The molecule has 6 atom stereocenters. The summed E-state index contributed by atoms with van der Waals surface area (Å²) >= 11 is 1.68. The maximum Gasteiger partial charge on any atom is 0.310 e. The number of aliphatic hydroxyl groups excluding tert-OH is 1. The van der Waals surface area contributed by atoms with Crippen molar-refractivity contribution in [2.24, 2.45) is 17.8 Å². The minimum Gasteiger partial charge on any atom is -0.466 e. The van der Waals surface area contributed by atoms with E-state index in [-0.39, 0.29) is 42.2 Å². The lowest BCUT2D eigenvalue weighted by atomic mass is 9.66. The number of likely N-dealkylation sites (tertiary alicyclic amines) is 1. The number of nitrogens with zero attached hydrogens (tertiary/aromatic N) is 2. The number of fused-ring (bicyclic) bond motifs is 1. The van der Waals surface area contributed by atoms with Crippen molar-refractivity contribution >= 4 is 35.2 Å². The van der Waals surface area contributed by atoms with E-state index in [2.05, 4.69) is 13.5 Å². The number of aliphatic hydroxyl groups is 1. The number of hydrogen-bond donors (Lipinski definition) is 1. The molecular weight excluding hydrogens is 500 g/mol. The average Bonchev–Trinajstić information content (AvgIpc) is 3.47. The number of hydrogen-bond acceptors (Lipinski definition) is 6. The molecule has 3 saturated heterocycles. The standard InChI is InChI=1S/C30H42N2O5S/c1-6-15-31(25-19(3)13-12-14-20(25)4)28(35)26-30-21(5)18-22(38-30)23(29(36)37-7-2)24(30)27(34)32(26)16-10-8-9-11-17-33/h6,12-14,21-24,26,33H,1,7-11,15-18H2,2-5H3/t21?,22-,23+,24-,26?,30?/m0/s1. The van der Waals surface area contributed by atoms with E-state index in [4.69, 9.17) is 9.84 Å². The molecule has 0 aromatic heterocycles. The van der Waals surface area contributed by atoms with Crippen LogP contribution in [0.5, 0.6) is 0 Å². The van der Waals surface area contributed by atoms with Gasteiger partial charge in [0.2, 0.25) is 5.91 Å². The van der Waals surface area contributed by atoms with Crippen molar-refractivity contribution < 1.29 is 24.2 Å². The molecule has 0 radical (unpaired) electrons. The summed E-state index contributed by atoms with van der Waals surface area (Å²) in [6.45, 7) is 13.1. The minimum absolute atomic E-state index is 0.0203. The van der Waals surface area contributed by atoms with Crippen molar-refractivity contribution in [1.82, 2.24) is 4.90 Å². The van der Waals surface area contributed by atoms with Gasteiger partial charge in [-0.25, -0.2) is 0 Å². The smallest absolute Gasteiger partial charge is 0.310 e. The third-order valence-corrected chi connectivity index (χ3v) is 10.7. The normalized spacial score (nSPS) is 29.4. The van der Waals surface area contributed by atoms with Crippen LogP contribution < -0.4 is 4.90 Å². The summed E-state index contributed by atoms with van der Waals surface area (Å²) in [4.78, 5) is 45.7. The van der Waals surface area contributed by atoms with Crippen molar-refractivity contribution in [2.75, 3.05) is 31.2 Å². The highest BCUT2D eigenvalue weighted by Crippen LogP contribution is 2.68. The number of amides is 2. The van der Waals surface area contributed by atoms with Gasteiger partial charge in [0, 0.05) is 30.6 Å². The maximum atomic E-state index is 14.7. The van der Waals surface area contributed by atoms with Crippen LogP contribution in [0.3, 0.4) is 0 Å². The Morgan fingerprint density at radius 3 is 2.55 bits per heavy atom. The second-order valence-electron chi connectivity index (χ2n) is 11.0. The van der Waals surface area contributed by atoms with Crippen LogP contribution in [0.2, 0.25) is 0 Å². The summed E-state index contributed by atoms with van der Waals surface area (Å²) in [6.07, 6.45) is 5.73. The summed E-state index contributed by atoms with van der Waals surface area (Å²) in [5.41, 5.74) is 2.85. The Hall–Kier alpha value is -2.32. The molecule has 7 nitrogen and oxygen atoms in total. The summed E-state index contributed by atoms with van der Waals surface area (Å²) < 4.78 is 4.79. The number of ether oxygens (including phenoxy) is 1. The van der Waals surface area contributed by atoms with E-state index >= 15 is 0 Å². The quantitative estimate of drug-likeness (QED) is 0.241. The van der Waals surface area contributed by atoms with E-state index in [1.54, 1.807) is 34.6 Å². The molecule has 1 aromatic carbocycles. The molecule has 2 amide bonds. The molecule has 1 spiro atoms. The average molecular weight is 543 g/mol. The molecule has 2 bridgehead atoms. The zero-order chi connectivity index (χ0) is 27.6. The zero-order valence-electron chi connectivity index (χ0n) is 23.2. The number of thioether (sulfide) groups is 1. The molecule has 4 rings (SSSR count). The van der Waals surface area contributed by atoms with Crippen LogP contribution in [-0.4, -0.2) is 70.1 Å². The molecule has 38 heavy (non-hydrogen) atoms. The fraction of sp³-hybridized carbons (Fsp3) is 0.633. The number of carbonyl (C=O) groups excluding carboxylic acids is 3. The highest BCUT2D eigenvalue weighted by atomic mass is 32.2. The Morgan fingerprint density at radius 2 is 1.92 bits per heavy atom. The van der Waals surface area contributed by atoms with E-state index in [0.29, 0.717) is 13.1 Å². The second kappa shape index (κ2) is 11.8. The summed E-state index contributed by atoms with van der Waals surface area (Å²) in [5, 5.41) is 9.14. The topological polar surface area (TPSA) is 87.2 Å². The van der Waals surface area contributed by atoms with E-state index in [1.165, 1.54) is 0 Å². The number of aryl methyl sites for hydroxylation is 2. The number of carbonyl (C=O) groups is 3. The first kappa shape index (κ1) is 28.7.